The molecule has 2 heterocycles. The van der Waals surface area contributed by atoms with Gasteiger partial charge in [0, 0.05) is 19.6 Å². The van der Waals surface area contributed by atoms with Gasteiger partial charge < -0.3 is 20.1 Å². The van der Waals surface area contributed by atoms with E-state index in [0.717, 1.165) is 0 Å². The van der Waals surface area contributed by atoms with E-state index in [-0.39, 0.29) is 12.8 Å². The van der Waals surface area contributed by atoms with Crippen LogP contribution >= 0.6 is 0 Å². The van der Waals surface area contributed by atoms with Crippen LogP contribution < -0.4 is 5.73 Å². The Hall–Kier alpha value is -1.47. The zero-order valence-electron chi connectivity index (χ0n) is 9.39. The van der Waals surface area contributed by atoms with Crippen molar-refractivity contribution in [3.05, 3.63) is 11.7 Å². The second-order valence-corrected chi connectivity index (χ2v) is 4.17. The van der Waals surface area contributed by atoms with E-state index in [0.29, 0.717) is 37.8 Å². The highest BCUT2D eigenvalue weighted by molar-refractivity contribution is 5.66. The molecule has 17 heavy (non-hydrogen) atoms. The van der Waals surface area contributed by atoms with Gasteiger partial charge in [-0.15, -0.1) is 0 Å². The average Bonchev–Trinajstić information content (AvgIpc) is 2.76. The first kappa shape index (κ1) is 12.0. The molecular weight excluding hydrogens is 226 g/mol. The van der Waals surface area contributed by atoms with Gasteiger partial charge in [-0.1, -0.05) is 5.16 Å². The summed E-state index contributed by atoms with van der Waals surface area (Å²) >= 11 is 0. The van der Waals surface area contributed by atoms with Crippen molar-refractivity contribution >= 4 is 5.97 Å². The molecule has 0 amide bonds. The standard InChI is InChI=1S/C10H15N3O4/c11-10(3-5-16-6-4-10)9-12-7(17-13-9)1-2-8(14)15/h1-6,11H2,(H,14,15). The minimum Gasteiger partial charge on any atom is -0.481 e. The Morgan fingerprint density at radius 3 is 2.82 bits per heavy atom. The van der Waals surface area contributed by atoms with Crippen molar-refractivity contribution < 1.29 is 19.2 Å². The minimum absolute atomic E-state index is 0.0255. The number of aliphatic carboxylic acids is 1. The van der Waals surface area contributed by atoms with Crippen molar-refractivity contribution in [2.75, 3.05) is 13.2 Å². The number of aryl methyl sites for hydroxylation is 1. The van der Waals surface area contributed by atoms with Gasteiger partial charge in [0.25, 0.3) is 0 Å². The molecule has 94 valence electrons. The molecule has 2 rings (SSSR count). The van der Waals surface area contributed by atoms with Gasteiger partial charge in [-0.25, -0.2) is 0 Å². The van der Waals surface area contributed by atoms with Crippen molar-refractivity contribution in [3.63, 3.8) is 0 Å². The second-order valence-electron chi connectivity index (χ2n) is 4.17. The van der Waals surface area contributed by atoms with Crippen LogP contribution in [0.4, 0.5) is 0 Å². The number of ether oxygens (including phenoxy) is 1. The van der Waals surface area contributed by atoms with Crippen molar-refractivity contribution in [1.82, 2.24) is 10.1 Å². The Labute approximate surface area is 97.9 Å². The van der Waals surface area contributed by atoms with Crippen molar-refractivity contribution in [1.29, 1.82) is 0 Å². The zero-order valence-corrected chi connectivity index (χ0v) is 9.39. The normalized spacial score (nSPS) is 19.1. The summed E-state index contributed by atoms with van der Waals surface area (Å²) in [5.41, 5.74) is 5.56. The van der Waals surface area contributed by atoms with E-state index in [4.69, 9.17) is 20.1 Å². The molecule has 0 atom stereocenters. The Balaban J connectivity index is 2.03. The predicted molar refractivity (Wildman–Crippen MR) is 56.2 cm³/mol. The van der Waals surface area contributed by atoms with Crippen molar-refractivity contribution in [3.8, 4) is 0 Å². The smallest absolute Gasteiger partial charge is 0.303 e. The van der Waals surface area contributed by atoms with Gasteiger partial charge in [0.05, 0.1) is 12.0 Å². The molecule has 0 bridgehead atoms. The van der Waals surface area contributed by atoms with Crippen LogP contribution in [0.2, 0.25) is 0 Å². The molecule has 0 aliphatic carbocycles. The van der Waals surface area contributed by atoms with Crippen molar-refractivity contribution in [2.45, 2.75) is 31.2 Å². The molecule has 7 nitrogen and oxygen atoms in total. The maximum absolute atomic E-state index is 10.4. The Morgan fingerprint density at radius 1 is 1.47 bits per heavy atom. The lowest BCUT2D eigenvalue weighted by Crippen LogP contribution is -2.43. The highest BCUT2D eigenvalue weighted by Gasteiger charge is 2.34. The molecular formula is C10H15N3O4. The van der Waals surface area contributed by atoms with E-state index < -0.39 is 11.5 Å². The Bertz CT molecular complexity index is 398. The number of carbonyl (C=O) groups is 1. The third kappa shape index (κ3) is 2.80. The lowest BCUT2D eigenvalue weighted by Gasteiger charge is -2.29. The zero-order chi connectivity index (χ0) is 12.3. The summed E-state index contributed by atoms with van der Waals surface area (Å²) in [5, 5.41) is 12.4. The summed E-state index contributed by atoms with van der Waals surface area (Å²) in [6, 6.07) is 0. The highest BCUT2D eigenvalue weighted by atomic mass is 16.5. The summed E-state index contributed by atoms with van der Waals surface area (Å²) in [4.78, 5) is 14.6. The van der Waals surface area contributed by atoms with Crippen LogP contribution in [0.1, 0.15) is 31.0 Å². The van der Waals surface area contributed by atoms with Crippen LogP contribution in [0, 0.1) is 0 Å². The van der Waals surface area contributed by atoms with Gasteiger partial charge in [-0.05, 0) is 12.8 Å². The van der Waals surface area contributed by atoms with Crippen LogP contribution in [0.25, 0.3) is 0 Å². The fourth-order valence-corrected chi connectivity index (χ4v) is 1.73. The minimum atomic E-state index is -0.890. The van der Waals surface area contributed by atoms with Gasteiger partial charge in [0.2, 0.25) is 5.89 Å². The lowest BCUT2D eigenvalue weighted by atomic mass is 9.91. The maximum Gasteiger partial charge on any atom is 0.303 e. The molecule has 1 saturated heterocycles. The van der Waals surface area contributed by atoms with E-state index in [9.17, 15) is 4.79 Å². The molecule has 1 fully saturated rings. The number of carboxylic acids is 1. The van der Waals surface area contributed by atoms with Crippen LogP contribution in [0.5, 0.6) is 0 Å². The first-order valence-corrected chi connectivity index (χ1v) is 5.52. The molecule has 0 radical (unpaired) electrons. The first-order valence-electron chi connectivity index (χ1n) is 5.52. The third-order valence-corrected chi connectivity index (χ3v) is 2.85. The number of rotatable bonds is 4. The predicted octanol–water partition coefficient (Wildman–Crippen LogP) is 0.0512. The molecule has 1 aliphatic heterocycles. The first-order chi connectivity index (χ1) is 8.10. The van der Waals surface area contributed by atoms with Crippen LogP contribution in [0.15, 0.2) is 4.52 Å². The van der Waals surface area contributed by atoms with Crippen LogP contribution in [-0.2, 0) is 21.5 Å². The summed E-state index contributed by atoms with van der Waals surface area (Å²) in [6.45, 7) is 1.16. The summed E-state index contributed by atoms with van der Waals surface area (Å²) in [6.07, 6.45) is 1.49. The number of hydrogen-bond acceptors (Lipinski definition) is 6. The quantitative estimate of drug-likeness (QED) is 0.766. The molecule has 3 N–H and O–H groups in total. The molecule has 0 aromatic carbocycles. The fraction of sp³-hybridized carbons (Fsp3) is 0.700. The van der Waals surface area contributed by atoms with Crippen LogP contribution in [-0.4, -0.2) is 34.4 Å². The topological polar surface area (TPSA) is 111 Å². The summed E-state index contributed by atoms with van der Waals surface area (Å²) < 4.78 is 10.2. The number of aromatic nitrogens is 2. The average molecular weight is 241 g/mol. The van der Waals surface area contributed by atoms with E-state index in [1.54, 1.807) is 0 Å². The van der Waals surface area contributed by atoms with E-state index >= 15 is 0 Å². The molecule has 0 saturated carbocycles. The SMILES string of the molecule is NC1(c2noc(CCC(=O)O)n2)CCOCC1. The number of nitrogens with two attached hydrogens (primary N) is 1. The van der Waals surface area contributed by atoms with Gasteiger partial charge in [-0.2, -0.15) is 4.98 Å². The van der Waals surface area contributed by atoms with Gasteiger partial charge in [0.15, 0.2) is 5.82 Å². The monoisotopic (exact) mass is 241 g/mol. The van der Waals surface area contributed by atoms with Gasteiger partial charge >= 0.3 is 5.97 Å². The molecule has 1 aromatic heterocycles. The molecule has 1 aromatic rings. The molecule has 1 aliphatic rings. The van der Waals surface area contributed by atoms with E-state index in [2.05, 4.69) is 10.1 Å². The molecule has 7 heteroatoms. The Morgan fingerprint density at radius 2 is 2.18 bits per heavy atom. The molecule has 0 unspecified atom stereocenters. The Kier molecular flexibility index (Phi) is 3.39. The fourth-order valence-electron chi connectivity index (χ4n) is 1.73. The van der Waals surface area contributed by atoms with E-state index in [1.807, 2.05) is 0 Å². The maximum atomic E-state index is 10.4. The number of carboxylic acid groups (broad SMARTS) is 1. The largest absolute Gasteiger partial charge is 0.481 e. The highest BCUT2D eigenvalue weighted by Crippen LogP contribution is 2.27. The number of nitrogens with zero attached hydrogens (tertiary/aromatic N) is 2. The van der Waals surface area contributed by atoms with Gasteiger partial charge in [0.1, 0.15) is 0 Å². The summed E-state index contributed by atoms with van der Waals surface area (Å²) in [5.74, 6) is -0.127. The van der Waals surface area contributed by atoms with E-state index in [1.165, 1.54) is 0 Å². The van der Waals surface area contributed by atoms with Crippen LogP contribution in [0.3, 0.4) is 0 Å². The molecule has 0 spiro atoms. The summed E-state index contributed by atoms with van der Waals surface area (Å²) in [7, 11) is 0. The number of hydrogen-bond donors (Lipinski definition) is 2. The second kappa shape index (κ2) is 4.80. The van der Waals surface area contributed by atoms with Crippen molar-refractivity contribution in [2.24, 2.45) is 5.73 Å². The lowest BCUT2D eigenvalue weighted by molar-refractivity contribution is -0.137. The van der Waals surface area contributed by atoms with Gasteiger partial charge in [-0.3, -0.25) is 4.79 Å². The third-order valence-electron chi connectivity index (χ3n) is 2.85.